The number of anilines is 1. The Morgan fingerprint density at radius 1 is 1.39 bits per heavy atom. The van der Waals surface area contributed by atoms with Crippen molar-refractivity contribution in [3.05, 3.63) is 11.3 Å². The van der Waals surface area contributed by atoms with E-state index in [0.717, 1.165) is 30.8 Å². The molecular formula is C12H18N2O3S. The van der Waals surface area contributed by atoms with Crippen molar-refractivity contribution in [3.8, 4) is 0 Å². The molecule has 0 aliphatic heterocycles. The molecule has 0 spiro atoms. The van der Waals surface area contributed by atoms with Gasteiger partial charge < -0.3 is 10.0 Å². The molecule has 1 aromatic heterocycles. The van der Waals surface area contributed by atoms with Crippen molar-refractivity contribution in [1.82, 2.24) is 4.37 Å². The highest BCUT2D eigenvalue weighted by atomic mass is 32.1. The second-order valence-electron chi connectivity index (χ2n) is 4.16. The van der Waals surface area contributed by atoms with Crippen molar-refractivity contribution in [1.29, 1.82) is 0 Å². The van der Waals surface area contributed by atoms with Crippen LogP contribution in [-0.4, -0.2) is 28.4 Å². The van der Waals surface area contributed by atoms with E-state index < -0.39 is 5.97 Å². The van der Waals surface area contributed by atoms with Gasteiger partial charge in [-0.05, 0) is 24.9 Å². The number of hydrogen-bond donors (Lipinski definition) is 1. The van der Waals surface area contributed by atoms with Crippen LogP contribution in [0.25, 0.3) is 0 Å². The number of nitrogens with zero attached hydrogens (tertiary/aromatic N) is 2. The van der Waals surface area contributed by atoms with Gasteiger partial charge in [0.2, 0.25) is 5.91 Å². The van der Waals surface area contributed by atoms with Gasteiger partial charge in [-0.15, -0.1) is 0 Å². The topological polar surface area (TPSA) is 70.5 Å². The number of rotatable bonds is 6. The molecule has 0 aromatic carbocycles. The average molecular weight is 270 g/mol. The summed E-state index contributed by atoms with van der Waals surface area (Å²) >= 11 is 1.05. The molecule has 1 N–H and O–H groups in total. The first-order valence-corrected chi connectivity index (χ1v) is 6.72. The Labute approximate surface area is 111 Å². The van der Waals surface area contributed by atoms with Crippen LogP contribution in [0.4, 0.5) is 5.00 Å². The highest BCUT2D eigenvalue weighted by Crippen LogP contribution is 2.28. The minimum absolute atomic E-state index is 0.0606. The lowest BCUT2D eigenvalue weighted by atomic mass is 10.2. The number of amides is 1. The van der Waals surface area contributed by atoms with Crippen LogP contribution in [0, 0.1) is 6.92 Å². The van der Waals surface area contributed by atoms with E-state index in [2.05, 4.69) is 11.3 Å². The monoisotopic (exact) mass is 270 g/mol. The Kier molecular flexibility index (Phi) is 5.27. The summed E-state index contributed by atoms with van der Waals surface area (Å²) in [6.45, 7) is 3.71. The molecule has 1 aromatic rings. The van der Waals surface area contributed by atoms with Crippen molar-refractivity contribution in [3.63, 3.8) is 0 Å². The lowest BCUT2D eigenvalue weighted by Crippen LogP contribution is -2.26. The zero-order valence-electron chi connectivity index (χ0n) is 10.9. The van der Waals surface area contributed by atoms with Crippen LogP contribution in [0.1, 0.15) is 48.7 Å². The maximum absolute atomic E-state index is 11.9. The van der Waals surface area contributed by atoms with E-state index in [0.29, 0.717) is 17.1 Å². The fraction of sp³-hybridized carbons (Fsp3) is 0.583. The van der Waals surface area contributed by atoms with Gasteiger partial charge in [-0.3, -0.25) is 4.79 Å². The average Bonchev–Trinajstić information content (AvgIpc) is 2.70. The first-order chi connectivity index (χ1) is 8.49. The Balaban J connectivity index is 2.80. The number of carboxylic acids is 1. The minimum Gasteiger partial charge on any atom is -0.478 e. The fourth-order valence-corrected chi connectivity index (χ4v) is 2.51. The maximum atomic E-state index is 11.9. The van der Waals surface area contributed by atoms with E-state index in [4.69, 9.17) is 5.11 Å². The standard InChI is InChI=1S/C12H18N2O3S/c1-4-5-6-7-9(15)14(3)11-10(12(16)17)8(2)13-18-11/h4-7H2,1-3H3,(H,16,17). The zero-order chi connectivity index (χ0) is 13.7. The molecule has 1 rings (SSSR count). The molecule has 6 heteroatoms. The molecule has 1 heterocycles. The molecule has 5 nitrogen and oxygen atoms in total. The number of unbranched alkanes of at least 4 members (excludes halogenated alkanes) is 2. The second-order valence-corrected chi connectivity index (χ2v) is 4.91. The summed E-state index contributed by atoms with van der Waals surface area (Å²) in [6.07, 6.45) is 3.34. The lowest BCUT2D eigenvalue weighted by molar-refractivity contribution is -0.118. The van der Waals surface area contributed by atoms with Crippen LogP contribution in [0.3, 0.4) is 0 Å². The smallest absolute Gasteiger partial charge is 0.340 e. The zero-order valence-corrected chi connectivity index (χ0v) is 11.7. The van der Waals surface area contributed by atoms with Gasteiger partial charge in [-0.1, -0.05) is 19.8 Å². The van der Waals surface area contributed by atoms with E-state index in [1.807, 2.05) is 0 Å². The van der Waals surface area contributed by atoms with E-state index >= 15 is 0 Å². The number of aryl methyl sites for hydroxylation is 1. The van der Waals surface area contributed by atoms with Crippen LogP contribution < -0.4 is 4.90 Å². The van der Waals surface area contributed by atoms with E-state index in [1.165, 1.54) is 4.90 Å². The number of hydrogen-bond acceptors (Lipinski definition) is 4. The Hall–Kier alpha value is -1.43. The third-order valence-corrected chi connectivity index (χ3v) is 3.75. The normalized spacial score (nSPS) is 10.4. The second kappa shape index (κ2) is 6.49. The SMILES string of the molecule is CCCCCC(=O)N(C)c1snc(C)c1C(=O)O. The van der Waals surface area contributed by atoms with Gasteiger partial charge in [0, 0.05) is 13.5 Å². The van der Waals surface area contributed by atoms with Gasteiger partial charge in [0.25, 0.3) is 0 Å². The van der Waals surface area contributed by atoms with E-state index in [-0.39, 0.29) is 11.5 Å². The van der Waals surface area contributed by atoms with Gasteiger partial charge in [0.15, 0.2) is 0 Å². The number of carbonyl (C=O) groups is 2. The first-order valence-electron chi connectivity index (χ1n) is 5.95. The van der Waals surface area contributed by atoms with E-state index in [1.54, 1.807) is 14.0 Å². The van der Waals surface area contributed by atoms with Crippen molar-refractivity contribution in [2.24, 2.45) is 0 Å². The lowest BCUT2D eigenvalue weighted by Gasteiger charge is -2.15. The highest BCUT2D eigenvalue weighted by molar-refractivity contribution is 7.11. The summed E-state index contributed by atoms with van der Waals surface area (Å²) in [6, 6.07) is 0. The highest BCUT2D eigenvalue weighted by Gasteiger charge is 2.23. The Morgan fingerprint density at radius 3 is 2.61 bits per heavy atom. The predicted molar refractivity (Wildman–Crippen MR) is 71.4 cm³/mol. The van der Waals surface area contributed by atoms with Gasteiger partial charge >= 0.3 is 5.97 Å². The molecule has 100 valence electrons. The van der Waals surface area contributed by atoms with Crippen molar-refractivity contribution >= 4 is 28.4 Å². The third-order valence-electron chi connectivity index (χ3n) is 2.73. The quantitative estimate of drug-likeness (QED) is 0.807. The van der Waals surface area contributed by atoms with Crippen LogP contribution in [0.5, 0.6) is 0 Å². The summed E-state index contributed by atoms with van der Waals surface area (Å²) < 4.78 is 4.00. The van der Waals surface area contributed by atoms with Gasteiger partial charge in [-0.2, -0.15) is 4.37 Å². The summed E-state index contributed by atoms with van der Waals surface area (Å²) in [4.78, 5) is 24.4. The maximum Gasteiger partial charge on any atom is 0.340 e. The molecule has 1 amide bonds. The number of aromatic nitrogens is 1. The van der Waals surface area contributed by atoms with Crippen molar-refractivity contribution in [2.45, 2.75) is 39.5 Å². The summed E-state index contributed by atoms with van der Waals surface area (Å²) in [5, 5.41) is 9.53. The molecule has 0 unspecified atom stereocenters. The molecule has 0 fully saturated rings. The molecule has 0 saturated carbocycles. The fourth-order valence-electron chi connectivity index (χ4n) is 1.64. The molecular weight excluding hydrogens is 252 g/mol. The van der Waals surface area contributed by atoms with Gasteiger partial charge in [0.05, 0.1) is 5.69 Å². The minimum atomic E-state index is -1.04. The summed E-state index contributed by atoms with van der Waals surface area (Å²) in [5.41, 5.74) is 0.585. The number of aromatic carboxylic acids is 1. The molecule has 18 heavy (non-hydrogen) atoms. The van der Waals surface area contributed by atoms with Crippen molar-refractivity contribution in [2.75, 3.05) is 11.9 Å². The molecule has 0 atom stereocenters. The molecule has 0 radical (unpaired) electrons. The number of carboxylic acid groups (broad SMARTS) is 1. The van der Waals surface area contributed by atoms with Crippen LogP contribution in [0.15, 0.2) is 0 Å². The number of carbonyl (C=O) groups excluding carboxylic acids is 1. The molecule has 0 aliphatic rings. The Morgan fingerprint density at radius 2 is 2.06 bits per heavy atom. The molecule has 0 bridgehead atoms. The van der Waals surface area contributed by atoms with Crippen LogP contribution in [0.2, 0.25) is 0 Å². The summed E-state index contributed by atoms with van der Waals surface area (Å²) in [5.74, 6) is -1.10. The van der Waals surface area contributed by atoms with Crippen molar-refractivity contribution < 1.29 is 14.7 Å². The Bertz CT molecular complexity index is 443. The van der Waals surface area contributed by atoms with E-state index in [9.17, 15) is 9.59 Å². The summed E-state index contributed by atoms with van der Waals surface area (Å²) in [7, 11) is 1.60. The first kappa shape index (κ1) is 14.6. The van der Waals surface area contributed by atoms with Crippen LogP contribution in [-0.2, 0) is 4.79 Å². The largest absolute Gasteiger partial charge is 0.478 e. The van der Waals surface area contributed by atoms with Gasteiger partial charge in [0.1, 0.15) is 10.6 Å². The predicted octanol–water partition coefficient (Wildman–Crippen LogP) is 2.69. The molecule has 0 saturated heterocycles. The third kappa shape index (κ3) is 3.29. The van der Waals surface area contributed by atoms with Crippen LogP contribution >= 0.6 is 11.5 Å². The molecule has 0 aliphatic carbocycles. The van der Waals surface area contributed by atoms with Gasteiger partial charge in [-0.25, -0.2) is 4.79 Å².